The number of para-hydroxylation sites is 1. The maximum absolute atomic E-state index is 14.1. The summed E-state index contributed by atoms with van der Waals surface area (Å²) in [6, 6.07) is 8.87. The SMILES string of the molecule is CC1(C)CN(C(=O)c2c(F)cc(F)cc2F)C=Cc2[nH]c3ccccc3c21. The predicted molar refractivity (Wildman–Crippen MR) is 97.7 cm³/mol. The lowest BCUT2D eigenvalue weighted by atomic mass is 9.82. The van der Waals surface area contributed by atoms with Crippen molar-refractivity contribution in [1.82, 2.24) is 9.88 Å². The first-order valence-corrected chi connectivity index (χ1v) is 8.53. The van der Waals surface area contributed by atoms with Crippen LogP contribution in [0.2, 0.25) is 0 Å². The van der Waals surface area contributed by atoms with Crippen LogP contribution in [-0.2, 0) is 5.41 Å². The molecule has 0 bridgehead atoms. The van der Waals surface area contributed by atoms with Crippen LogP contribution in [0.1, 0.15) is 35.5 Å². The third-order valence-corrected chi connectivity index (χ3v) is 4.88. The number of amides is 1. The van der Waals surface area contributed by atoms with Crippen LogP contribution in [0.15, 0.2) is 42.6 Å². The molecule has 0 fully saturated rings. The fourth-order valence-electron chi connectivity index (χ4n) is 3.77. The highest BCUT2D eigenvalue weighted by atomic mass is 19.1. The summed E-state index contributed by atoms with van der Waals surface area (Å²) < 4.78 is 41.3. The Morgan fingerprint density at radius 1 is 1.11 bits per heavy atom. The van der Waals surface area contributed by atoms with Gasteiger partial charge in [-0.05, 0) is 17.7 Å². The molecule has 0 saturated heterocycles. The summed E-state index contributed by atoms with van der Waals surface area (Å²) in [7, 11) is 0. The molecule has 138 valence electrons. The maximum Gasteiger partial charge on any atom is 0.263 e. The predicted octanol–water partition coefficient (Wildman–Crippen LogP) is 4.99. The van der Waals surface area contributed by atoms with Crippen molar-refractivity contribution in [2.24, 2.45) is 0 Å². The Morgan fingerprint density at radius 2 is 1.78 bits per heavy atom. The number of hydrogen-bond acceptors (Lipinski definition) is 1. The van der Waals surface area contributed by atoms with Gasteiger partial charge in [-0.3, -0.25) is 4.79 Å². The van der Waals surface area contributed by atoms with Crippen molar-refractivity contribution < 1.29 is 18.0 Å². The average molecular weight is 370 g/mol. The molecule has 27 heavy (non-hydrogen) atoms. The molecule has 0 radical (unpaired) electrons. The molecule has 6 heteroatoms. The summed E-state index contributed by atoms with van der Waals surface area (Å²) in [6.07, 6.45) is 3.23. The Hall–Kier alpha value is -3.02. The standard InChI is InChI=1S/C21H17F3N2O/c1-21(2)11-26(20(27)18-14(23)9-12(22)10-15(18)24)8-7-17-19(21)13-5-3-4-6-16(13)25-17/h3-10,25H,11H2,1-2H3. The van der Waals surface area contributed by atoms with Gasteiger partial charge >= 0.3 is 0 Å². The summed E-state index contributed by atoms with van der Waals surface area (Å²) >= 11 is 0. The van der Waals surface area contributed by atoms with Gasteiger partial charge in [0.2, 0.25) is 0 Å². The number of benzene rings is 2. The molecule has 0 unspecified atom stereocenters. The van der Waals surface area contributed by atoms with E-state index in [1.54, 1.807) is 6.08 Å². The van der Waals surface area contributed by atoms with Gasteiger partial charge in [-0.25, -0.2) is 13.2 Å². The smallest absolute Gasteiger partial charge is 0.263 e. The lowest BCUT2D eigenvalue weighted by Crippen LogP contribution is -2.37. The minimum atomic E-state index is -1.21. The van der Waals surface area contributed by atoms with Gasteiger partial charge in [0.25, 0.3) is 5.91 Å². The molecule has 1 aliphatic heterocycles. The highest BCUT2D eigenvalue weighted by Crippen LogP contribution is 2.37. The quantitative estimate of drug-likeness (QED) is 0.644. The number of hydrogen-bond donors (Lipinski definition) is 1. The van der Waals surface area contributed by atoms with Crippen LogP contribution in [0.25, 0.3) is 17.0 Å². The second kappa shape index (κ2) is 6.01. The summed E-state index contributed by atoms with van der Waals surface area (Å²) in [4.78, 5) is 17.4. The van der Waals surface area contributed by atoms with Crippen molar-refractivity contribution in [3.8, 4) is 0 Å². The van der Waals surface area contributed by atoms with Crippen LogP contribution in [0.5, 0.6) is 0 Å². The van der Waals surface area contributed by atoms with Crippen LogP contribution in [-0.4, -0.2) is 22.3 Å². The molecule has 2 aromatic carbocycles. The maximum atomic E-state index is 14.1. The molecular formula is C21H17F3N2O. The van der Waals surface area contributed by atoms with Crippen molar-refractivity contribution >= 4 is 22.9 Å². The molecular weight excluding hydrogens is 353 g/mol. The number of rotatable bonds is 1. The first-order chi connectivity index (χ1) is 12.8. The fourth-order valence-corrected chi connectivity index (χ4v) is 3.77. The molecule has 0 atom stereocenters. The number of halogens is 3. The third kappa shape index (κ3) is 2.81. The number of nitrogens with zero attached hydrogens (tertiary/aromatic N) is 1. The number of aromatic nitrogens is 1. The number of nitrogens with one attached hydrogen (secondary N) is 1. The Morgan fingerprint density at radius 3 is 2.48 bits per heavy atom. The molecule has 1 N–H and O–H groups in total. The largest absolute Gasteiger partial charge is 0.355 e. The highest BCUT2D eigenvalue weighted by molar-refractivity contribution is 5.96. The highest BCUT2D eigenvalue weighted by Gasteiger charge is 2.34. The van der Waals surface area contributed by atoms with Crippen LogP contribution >= 0.6 is 0 Å². The topological polar surface area (TPSA) is 36.1 Å². The van der Waals surface area contributed by atoms with Gasteiger partial charge in [-0.15, -0.1) is 0 Å². The summed E-state index contributed by atoms with van der Waals surface area (Å²) in [5.41, 5.74) is 1.62. The van der Waals surface area contributed by atoms with E-state index in [1.807, 2.05) is 38.1 Å². The molecule has 4 rings (SSSR count). The van der Waals surface area contributed by atoms with Crippen LogP contribution in [0.3, 0.4) is 0 Å². The van der Waals surface area contributed by atoms with E-state index in [9.17, 15) is 18.0 Å². The molecule has 2 heterocycles. The van der Waals surface area contributed by atoms with E-state index in [-0.39, 0.29) is 6.54 Å². The minimum Gasteiger partial charge on any atom is -0.355 e. The number of carbonyl (C=O) groups excluding carboxylic acids is 1. The van der Waals surface area contributed by atoms with Crippen LogP contribution in [0.4, 0.5) is 13.2 Å². The van der Waals surface area contributed by atoms with E-state index in [4.69, 9.17) is 0 Å². The van der Waals surface area contributed by atoms with Gasteiger partial charge in [-0.2, -0.15) is 0 Å². The second-order valence-electron chi connectivity index (χ2n) is 7.34. The van der Waals surface area contributed by atoms with Crippen molar-refractivity contribution in [1.29, 1.82) is 0 Å². The third-order valence-electron chi connectivity index (χ3n) is 4.88. The van der Waals surface area contributed by atoms with E-state index < -0.39 is 34.3 Å². The number of aromatic amines is 1. The van der Waals surface area contributed by atoms with Gasteiger partial charge < -0.3 is 9.88 Å². The van der Waals surface area contributed by atoms with Gasteiger partial charge in [0.1, 0.15) is 23.0 Å². The van der Waals surface area contributed by atoms with Gasteiger partial charge in [0.05, 0.1) is 0 Å². The first kappa shape index (κ1) is 17.4. The Balaban J connectivity index is 1.79. The zero-order valence-corrected chi connectivity index (χ0v) is 14.8. The molecule has 0 saturated carbocycles. The molecule has 1 aromatic heterocycles. The van der Waals surface area contributed by atoms with Crippen molar-refractivity contribution in [3.05, 3.63) is 76.9 Å². The molecule has 1 aliphatic rings. The molecule has 1 amide bonds. The van der Waals surface area contributed by atoms with Gasteiger partial charge in [-0.1, -0.05) is 32.0 Å². The summed E-state index contributed by atoms with van der Waals surface area (Å²) in [6.45, 7) is 4.15. The van der Waals surface area contributed by atoms with Crippen molar-refractivity contribution in [2.75, 3.05) is 6.54 Å². The molecule has 0 spiro atoms. The zero-order chi connectivity index (χ0) is 19.3. The van der Waals surface area contributed by atoms with Crippen molar-refractivity contribution in [2.45, 2.75) is 19.3 Å². The summed E-state index contributed by atoms with van der Waals surface area (Å²) in [5, 5.41) is 1.04. The zero-order valence-electron chi connectivity index (χ0n) is 14.8. The molecule has 3 aromatic rings. The van der Waals surface area contributed by atoms with E-state index >= 15 is 0 Å². The van der Waals surface area contributed by atoms with E-state index in [0.717, 1.165) is 22.2 Å². The van der Waals surface area contributed by atoms with Gasteiger partial charge in [0, 0.05) is 46.9 Å². The normalized spacial score (nSPS) is 15.7. The van der Waals surface area contributed by atoms with E-state index in [0.29, 0.717) is 12.1 Å². The lowest BCUT2D eigenvalue weighted by molar-refractivity contribution is 0.0791. The van der Waals surface area contributed by atoms with Crippen LogP contribution < -0.4 is 0 Å². The Bertz CT molecular complexity index is 1070. The van der Waals surface area contributed by atoms with E-state index in [2.05, 4.69) is 4.98 Å². The Labute approximate surface area is 154 Å². The first-order valence-electron chi connectivity index (χ1n) is 8.53. The molecule has 0 aliphatic carbocycles. The number of H-pyrrole nitrogens is 1. The van der Waals surface area contributed by atoms with Crippen molar-refractivity contribution in [3.63, 3.8) is 0 Å². The van der Waals surface area contributed by atoms with Crippen LogP contribution in [0, 0.1) is 17.5 Å². The second-order valence-corrected chi connectivity index (χ2v) is 7.34. The summed E-state index contributed by atoms with van der Waals surface area (Å²) in [5.74, 6) is -4.33. The number of carbonyl (C=O) groups is 1. The fraction of sp³-hybridized carbons (Fsp3) is 0.190. The average Bonchev–Trinajstić information content (AvgIpc) is 2.90. The monoisotopic (exact) mass is 370 g/mol. The lowest BCUT2D eigenvalue weighted by Gasteiger charge is -2.30. The minimum absolute atomic E-state index is 0.216. The Kier molecular flexibility index (Phi) is 3.87. The van der Waals surface area contributed by atoms with E-state index in [1.165, 1.54) is 11.1 Å². The van der Waals surface area contributed by atoms with Gasteiger partial charge in [0.15, 0.2) is 0 Å². The number of fused-ring (bicyclic) bond motifs is 3. The molecule has 3 nitrogen and oxygen atoms in total.